The lowest BCUT2D eigenvalue weighted by Gasteiger charge is -2.40. The Hall–Kier alpha value is -0.960. The average Bonchev–Trinajstić information content (AvgIpc) is 2.31. The largest absolute Gasteiger partial charge is 0.366 e. The Balaban J connectivity index is 0.000000457. The molecule has 0 aliphatic carbocycles. The minimum absolute atomic E-state index is 0.558. The van der Waals surface area contributed by atoms with Crippen LogP contribution in [0.5, 0.6) is 0 Å². The summed E-state index contributed by atoms with van der Waals surface area (Å²) in [6.07, 6.45) is 2.50. The molecule has 1 aromatic heterocycles. The molecule has 1 unspecified atom stereocenters. The number of rotatable bonds is 0. The van der Waals surface area contributed by atoms with E-state index in [0.717, 1.165) is 18.9 Å². The number of nitrogens with zero attached hydrogens (tertiary/aromatic N) is 2. The van der Waals surface area contributed by atoms with Crippen LogP contribution in [-0.4, -0.2) is 24.1 Å². The van der Waals surface area contributed by atoms with Gasteiger partial charge in [-0.1, -0.05) is 25.4 Å². The van der Waals surface area contributed by atoms with Crippen LogP contribution >= 0.6 is 11.6 Å². The first-order valence-corrected chi connectivity index (χ1v) is 6.39. The van der Waals surface area contributed by atoms with Gasteiger partial charge in [0.1, 0.15) is 5.15 Å². The fourth-order valence-electron chi connectivity index (χ4n) is 2.30. The Morgan fingerprint density at radius 3 is 3.06 bits per heavy atom. The number of aromatic nitrogens is 1. The zero-order valence-electron chi connectivity index (χ0n) is 9.83. The summed E-state index contributed by atoms with van der Waals surface area (Å²) in [6.45, 7) is 6.25. The van der Waals surface area contributed by atoms with E-state index in [0.29, 0.717) is 11.2 Å². The Morgan fingerprint density at radius 1 is 1.44 bits per heavy atom. The van der Waals surface area contributed by atoms with Gasteiger partial charge in [-0.2, -0.15) is 0 Å². The maximum atomic E-state index is 5.86. The van der Waals surface area contributed by atoms with E-state index in [1.54, 1.807) is 0 Å². The molecule has 88 valence electrons. The van der Waals surface area contributed by atoms with Crippen molar-refractivity contribution in [1.82, 2.24) is 4.98 Å². The third-order valence-electron chi connectivity index (χ3n) is 2.94. The molecule has 2 aliphatic heterocycles. The van der Waals surface area contributed by atoms with Crippen molar-refractivity contribution >= 4 is 23.1 Å². The average molecular weight is 240 g/mol. The minimum atomic E-state index is 0.558. The van der Waals surface area contributed by atoms with Crippen molar-refractivity contribution in [3.05, 3.63) is 17.3 Å². The molecule has 1 fully saturated rings. The Morgan fingerprint density at radius 2 is 2.25 bits per heavy atom. The molecule has 1 saturated heterocycles. The molecule has 3 rings (SSSR count). The van der Waals surface area contributed by atoms with E-state index in [2.05, 4.69) is 21.3 Å². The van der Waals surface area contributed by atoms with Crippen LogP contribution < -0.4 is 10.2 Å². The number of pyridine rings is 1. The molecule has 1 N–H and O–H groups in total. The quantitative estimate of drug-likeness (QED) is 0.705. The molecular weight excluding hydrogens is 222 g/mol. The number of halogens is 1. The lowest BCUT2D eigenvalue weighted by molar-refractivity contribution is 0.516. The highest BCUT2D eigenvalue weighted by atomic mass is 35.5. The predicted molar refractivity (Wildman–Crippen MR) is 69.5 cm³/mol. The summed E-state index contributed by atoms with van der Waals surface area (Å²) in [5.41, 5.74) is 1.20. The van der Waals surface area contributed by atoms with E-state index in [1.165, 1.54) is 18.5 Å². The molecule has 2 bridgehead atoms. The maximum absolute atomic E-state index is 5.86. The van der Waals surface area contributed by atoms with Crippen molar-refractivity contribution in [2.24, 2.45) is 0 Å². The Labute approximate surface area is 102 Å². The third-order valence-corrected chi connectivity index (χ3v) is 3.15. The number of fused-ring (bicyclic) bond motifs is 4. The molecule has 16 heavy (non-hydrogen) atoms. The summed E-state index contributed by atoms with van der Waals surface area (Å²) in [6, 6.07) is 4.47. The standard InChI is InChI=1S/C10H12ClN3.C2H6/c11-9-4-3-8-10(13-9)12-7-2-1-5-14(8)6-7;1-2/h3-4,7H,1-2,5-6H2,(H,12,13);1-2H3. The number of anilines is 2. The highest BCUT2D eigenvalue weighted by molar-refractivity contribution is 6.29. The van der Waals surface area contributed by atoms with Gasteiger partial charge in [0.25, 0.3) is 0 Å². The summed E-state index contributed by atoms with van der Waals surface area (Å²) in [4.78, 5) is 6.70. The van der Waals surface area contributed by atoms with Crippen molar-refractivity contribution in [2.45, 2.75) is 32.7 Å². The van der Waals surface area contributed by atoms with E-state index in [1.807, 2.05) is 19.9 Å². The predicted octanol–water partition coefficient (Wildman–Crippen LogP) is 3.16. The highest BCUT2D eigenvalue weighted by Crippen LogP contribution is 2.33. The Kier molecular flexibility index (Phi) is 3.54. The van der Waals surface area contributed by atoms with Gasteiger partial charge in [0.15, 0.2) is 5.82 Å². The van der Waals surface area contributed by atoms with Gasteiger partial charge in [-0.05, 0) is 25.0 Å². The number of hydrogen-bond acceptors (Lipinski definition) is 3. The van der Waals surface area contributed by atoms with Crippen molar-refractivity contribution in [1.29, 1.82) is 0 Å². The first-order valence-electron chi connectivity index (χ1n) is 6.01. The monoisotopic (exact) mass is 239 g/mol. The fraction of sp³-hybridized carbons (Fsp3) is 0.583. The molecule has 2 aliphatic rings. The number of hydrogen-bond donors (Lipinski definition) is 1. The van der Waals surface area contributed by atoms with Crippen LogP contribution in [0.4, 0.5) is 11.5 Å². The zero-order valence-corrected chi connectivity index (χ0v) is 10.6. The zero-order chi connectivity index (χ0) is 11.5. The summed E-state index contributed by atoms with van der Waals surface area (Å²) in [7, 11) is 0. The molecule has 0 spiro atoms. The molecule has 0 amide bonds. The smallest absolute Gasteiger partial charge is 0.151 e. The number of piperidine rings is 1. The van der Waals surface area contributed by atoms with Crippen LogP contribution in [0, 0.1) is 0 Å². The van der Waals surface area contributed by atoms with Gasteiger partial charge < -0.3 is 10.2 Å². The fourth-order valence-corrected chi connectivity index (χ4v) is 2.44. The van der Waals surface area contributed by atoms with Gasteiger partial charge in [-0.25, -0.2) is 4.98 Å². The van der Waals surface area contributed by atoms with Crippen LogP contribution in [0.2, 0.25) is 5.15 Å². The summed E-state index contributed by atoms with van der Waals surface area (Å²) in [5, 5.41) is 4.00. The van der Waals surface area contributed by atoms with Gasteiger partial charge >= 0.3 is 0 Å². The lowest BCUT2D eigenvalue weighted by atomic mass is 10.0. The van der Waals surface area contributed by atoms with Gasteiger partial charge in [0.05, 0.1) is 5.69 Å². The highest BCUT2D eigenvalue weighted by Gasteiger charge is 2.27. The molecule has 0 aromatic carbocycles. The van der Waals surface area contributed by atoms with Crippen LogP contribution in [0.15, 0.2) is 12.1 Å². The SMILES string of the molecule is CC.Clc1ccc2c(n1)NC1CCCN2C1. The van der Waals surface area contributed by atoms with Gasteiger partial charge in [0, 0.05) is 19.1 Å². The van der Waals surface area contributed by atoms with Crippen LogP contribution in [-0.2, 0) is 0 Å². The summed E-state index contributed by atoms with van der Waals surface area (Å²) in [5.74, 6) is 0.952. The molecule has 3 nitrogen and oxygen atoms in total. The maximum Gasteiger partial charge on any atom is 0.151 e. The third kappa shape index (κ3) is 2.09. The van der Waals surface area contributed by atoms with E-state index < -0.39 is 0 Å². The molecule has 0 saturated carbocycles. The topological polar surface area (TPSA) is 28.2 Å². The molecule has 4 heteroatoms. The van der Waals surface area contributed by atoms with Crippen molar-refractivity contribution in [2.75, 3.05) is 23.3 Å². The first kappa shape index (κ1) is 11.5. The van der Waals surface area contributed by atoms with Crippen LogP contribution in [0.1, 0.15) is 26.7 Å². The first-order chi connectivity index (χ1) is 7.83. The van der Waals surface area contributed by atoms with Gasteiger partial charge in [-0.3, -0.25) is 0 Å². The van der Waals surface area contributed by atoms with Crippen molar-refractivity contribution in [3.8, 4) is 0 Å². The van der Waals surface area contributed by atoms with E-state index in [4.69, 9.17) is 11.6 Å². The molecule has 1 aromatic rings. The lowest BCUT2D eigenvalue weighted by Crippen LogP contribution is -2.46. The number of nitrogens with one attached hydrogen (secondary N) is 1. The second kappa shape index (κ2) is 4.91. The van der Waals surface area contributed by atoms with Gasteiger partial charge in [0.2, 0.25) is 0 Å². The summed E-state index contributed by atoms with van der Waals surface area (Å²) < 4.78 is 0. The van der Waals surface area contributed by atoms with E-state index in [9.17, 15) is 0 Å². The minimum Gasteiger partial charge on any atom is -0.366 e. The van der Waals surface area contributed by atoms with Crippen LogP contribution in [0.3, 0.4) is 0 Å². The second-order valence-electron chi connectivity index (χ2n) is 3.93. The normalized spacial score (nSPS) is 21.4. The van der Waals surface area contributed by atoms with Crippen LogP contribution in [0.25, 0.3) is 0 Å². The van der Waals surface area contributed by atoms with Gasteiger partial charge in [-0.15, -0.1) is 0 Å². The molecule has 3 heterocycles. The van der Waals surface area contributed by atoms with E-state index >= 15 is 0 Å². The van der Waals surface area contributed by atoms with E-state index in [-0.39, 0.29) is 0 Å². The molecular formula is C12H18ClN3. The molecule has 0 radical (unpaired) electrons. The molecule has 1 atom stereocenters. The second-order valence-corrected chi connectivity index (χ2v) is 4.32. The van der Waals surface area contributed by atoms with Crippen molar-refractivity contribution in [3.63, 3.8) is 0 Å². The summed E-state index contributed by atoms with van der Waals surface area (Å²) >= 11 is 5.86. The Bertz CT molecular complexity index is 367. The van der Waals surface area contributed by atoms with Crippen molar-refractivity contribution < 1.29 is 0 Å².